The standard InChI is InChI=1S/C25H28F3N3O3/c1-3-24-7-6-23(32,15-33-2)13-17(24)5-9-34-21-12-20-16(10-19(21)24)14-30-31(20)18-4-8-29-22(11-18)25(26,27)28/h4,8,10-12,14,17,32H,3,5-7,9,13,15H2,1-2H3/t17-,23+,24+/m1/s1. The second kappa shape index (κ2) is 8.23. The number of fused-ring (bicyclic) bond motifs is 4. The SMILES string of the molecule is CC[C@]12CC[C@@](O)(COC)C[C@H]1CCOc1cc3c(cnn3-c3ccnc(C(F)(F)F)c3)cc12. The van der Waals surface area contributed by atoms with Crippen molar-refractivity contribution in [2.75, 3.05) is 20.3 Å². The summed E-state index contributed by atoms with van der Waals surface area (Å²) in [6, 6.07) is 6.47. The predicted octanol–water partition coefficient (Wildman–Crippen LogP) is 5.05. The van der Waals surface area contributed by atoms with Gasteiger partial charge >= 0.3 is 6.18 Å². The van der Waals surface area contributed by atoms with E-state index in [2.05, 4.69) is 23.1 Å². The summed E-state index contributed by atoms with van der Waals surface area (Å²) in [7, 11) is 1.61. The first-order chi connectivity index (χ1) is 16.2. The molecule has 34 heavy (non-hydrogen) atoms. The average molecular weight is 476 g/mol. The van der Waals surface area contributed by atoms with Gasteiger partial charge in [0.1, 0.15) is 11.4 Å². The third kappa shape index (κ3) is 3.75. The van der Waals surface area contributed by atoms with Crippen LogP contribution in [-0.2, 0) is 16.3 Å². The van der Waals surface area contributed by atoms with Gasteiger partial charge in [0.15, 0.2) is 0 Å². The van der Waals surface area contributed by atoms with Crippen molar-refractivity contribution < 1.29 is 27.8 Å². The minimum atomic E-state index is -4.53. The summed E-state index contributed by atoms with van der Waals surface area (Å²) >= 11 is 0. The zero-order chi connectivity index (χ0) is 24.1. The van der Waals surface area contributed by atoms with Gasteiger partial charge in [-0.15, -0.1) is 0 Å². The lowest BCUT2D eigenvalue weighted by Crippen LogP contribution is -2.49. The molecule has 5 rings (SSSR count). The molecule has 6 nitrogen and oxygen atoms in total. The Morgan fingerprint density at radius 3 is 2.82 bits per heavy atom. The zero-order valence-corrected chi connectivity index (χ0v) is 19.2. The van der Waals surface area contributed by atoms with Crippen LogP contribution < -0.4 is 4.74 Å². The number of alkyl halides is 3. The highest BCUT2D eigenvalue weighted by Gasteiger charge is 2.50. The van der Waals surface area contributed by atoms with Gasteiger partial charge in [-0.1, -0.05) is 6.92 Å². The van der Waals surface area contributed by atoms with E-state index < -0.39 is 17.5 Å². The minimum absolute atomic E-state index is 0.151. The molecular weight excluding hydrogens is 447 g/mol. The van der Waals surface area contributed by atoms with Crippen LogP contribution in [0.3, 0.4) is 0 Å². The van der Waals surface area contributed by atoms with Crippen LogP contribution in [0.4, 0.5) is 13.2 Å². The number of benzene rings is 1. The Morgan fingerprint density at radius 1 is 1.26 bits per heavy atom. The molecule has 3 atom stereocenters. The number of aliphatic hydroxyl groups is 1. The normalized spacial score (nSPS) is 27.1. The maximum Gasteiger partial charge on any atom is 0.433 e. The molecular formula is C25H28F3N3O3. The maximum absolute atomic E-state index is 13.2. The monoisotopic (exact) mass is 475 g/mol. The fourth-order valence-corrected chi connectivity index (χ4v) is 5.99. The van der Waals surface area contributed by atoms with Crippen LogP contribution in [0, 0.1) is 5.92 Å². The number of hydrogen-bond donors (Lipinski definition) is 1. The van der Waals surface area contributed by atoms with Gasteiger partial charge in [-0.25, -0.2) is 4.68 Å². The molecule has 182 valence electrons. The third-order valence-electron chi connectivity index (χ3n) is 7.70. The Balaban J connectivity index is 1.59. The van der Waals surface area contributed by atoms with Crippen molar-refractivity contribution in [3.8, 4) is 11.4 Å². The number of ether oxygens (including phenoxy) is 2. The topological polar surface area (TPSA) is 69.4 Å². The number of hydrogen-bond acceptors (Lipinski definition) is 5. The molecule has 0 radical (unpaired) electrons. The molecule has 0 bridgehead atoms. The van der Waals surface area contributed by atoms with E-state index in [4.69, 9.17) is 9.47 Å². The lowest BCUT2D eigenvalue weighted by molar-refractivity contribution is -0.141. The van der Waals surface area contributed by atoms with Gasteiger partial charge in [0.2, 0.25) is 0 Å². The molecule has 0 unspecified atom stereocenters. The molecule has 1 aromatic carbocycles. The quantitative estimate of drug-likeness (QED) is 0.572. The smallest absolute Gasteiger partial charge is 0.433 e. The largest absolute Gasteiger partial charge is 0.493 e. The Morgan fingerprint density at radius 2 is 2.09 bits per heavy atom. The Labute approximate surface area is 195 Å². The number of nitrogens with zero attached hydrogens (tertiary/aromatic N) is 3. The van der Waals surface area contributed by atoms with Crippen LogP contribution in [0.1, 0.15) is 50.3 Å². The average Bonchev–Trinajstić information content (AvgIpc) is 3.15. The van der Waals surface area contributed by atoms with E-state index >= 15 is 0 Å². The van der Waals surface area contributed by atoms with Gasteiger partial charge < -0.3 is 14.6 Å². The molecule has 1 N–H and O–H groups in total. The molecule has 1 aliphatic heterocycles. The predicted molar refractivity (Wildman–Crippen MR) is 120 cm³/mol. The fraction of sp³-hybridized carbons (Fsp3) is 0.520. The van der Waals surface area contributed by atoms with Crippen molar-refractivity contribution in [1.29, 1.82) is 0 Å². The number of halogens is 3. The second-order valence-corrected chi connectivity index (χ2v) is 9.57. The van der Waals surface area contributed by atoms with E-state index in [0.717, 1.165) is 48.2 Å². The second-order valence-electron chi connectivity index (χ2n) is 9.57. The van der Waals surface area contributed by atoms with E-state index in [1.165, 1.54) is 10.7 Å². The molecule has 0 spiro atoms. The summed E-state index contributed by atoms with van der Waals surface area (Å²) in [6.45, 7) is 3.00. The van der Waals surface area contributed by atoms with Crippen LogP contribution in [0.25, 0.3) is 16.6 Å². The van der Waals surface area contributed by atoms with Gasteiger partial charge in [-0.05, 0) is 56.2 Å². The number of methoxy groups -OCH3 is 1. The van der Waals surface area contributed by atoms with Gasteiger partial charge in [-0.2, -0.15) is 18.3 Å². The highest BCUT2D eigenvalue weighted by molar-refractivity contribution is 5.83. The van der Waals surface area contributed by atoms with Gasteiger partial charge in [0.25, 0.3) is 0 Å². The Kier molecular flexibility index (Phi) is 5.60. The van der Waals surface area contributed by atoms with Crippen LogP contribution >= 0.6 is 0 Å². The van der Waals surface area contributed by atoms with Gasteiger partial charge in [0, 0.05) is 35.7 Å². The van der Waals surface area contributed by atoms with Crippen molar-refractivity contribution in [3.63, 3.8) is 0 Å². The zero-order valence-electron chi connectivity index (χ0n) is 19.2. The molecule has 1 saturated carbocycles. The summed E-state index contributed by atoms with van der Waals surface area (Å²) in [6.07, 6.45) is 2.09. The number of rotatable bonds is 4. The van der Waals surface area contributed by atoms with Crippen molar-refractivity contribution in [3.05, 3.63) is 47.9 Å². The Hall–Kier alpha value is -2.65. The summed E-state index contributed by atoms with van der Waals surface area (Å²) in [5, 5.41) is 16.3. The van der Waals surface area contributed by atoms with Crippen LogP contribution in [-0.4, -0.2) is 45.8 Å². The summed E-state index contributed by atoms with van der Waals surface area (Å²) in [5.41, 5.74) is 0.107. The first-order valence-corrected chi connectivity index (χ1v) is 11.6. The molecule has 0 saturated heterocycles. The van der Waals surface area contributed by atoms with Crippen molar-refractivity contribution in [2.24, 2.45) is 5.92 Å². The highest BCUT2D eigenvalue weighted by Crippen LogP contribution is 2.55. The van der Waals surface area contributed by atoms with Crippen LogP contribution in [0.2, 0.25) is 0 Å². The van der Waals surface area contributed by atoms with Crippen molar-refractivity contribution in [1.82, 2.24) is 14.8 Å². The van der Waals surface area contributed by atoms with E-state index in [1.54, 1.807) is 13.3 Å². The van der Waals surface area contributed by atoms with E-state index in [9.17, 15) is 18.3 Å². The van der Waals surface area contributed by atoms with Crippen LogP contribution in [0.15, 0.2) is 36.7 Å². The minimum Gasteiger partial charge on any atom is -0.493 e. The Bertz CT molecular complexity index is 1210. The summed E-state index contributed by atoms with van der Waals surface area (Å²) < 4.78 is 52.6. The van der Waals surface area contributed by atoms with Crippen molar-refractivity contribution in [2.45, 2.75) is 56.2 Å². The summed E-state index contributed by atoms with van der Waals surface area (Å²) in [5.74, 6) is 0.968. The molecule has 0 amide bonds. The van der Waals surface area contributed by atoms with E-state index in [0.29, 0.717) is 31.6 Å². The molecule has 2 aromatic heterocycles. The van der Waals surface area contributed by atoms with E-state index in [1.807, 2.05) is 6.07 Å². The van der Waals surface area contributed by atoms with Gasteiger partial charge in [0.05, 0.1) is 36.2 Å². The number of pyridine rings is 1. The maximum atomic E-state index is 13.2. The molecule has 1 fully saturated rings. The first-order valence-electron chi connectivity index (χ1n) is 11.6. The van der Waals surface area contributed by atoms with E-state index in [-0.39, 0.29) is 17.0 Å². The summed E-state index contributed by atoms with van der Waals surface area (Å²) in [4.78, 5) is 3.45. The lowest BCUT2D eigenvalue weighted by atomic mass is 9.57. The van der Waals surface area contributed by atoms with Crippen LogP contribution in [0.5, 0.6) is 5.75 Å². The molecule has 3 aromatic rings. The molecule has 9 heteroatoms. The molecule has 3 heterocycles. The molecule has 2 aliphatic rings. The number of aromatic nitrogens is 3. The van der Waals surface area contributed by atoms with Gasteiger partial charge in [-0.3, -0.25) is 4.98 Å². The fourth-order valence-electron chi connectivity index (χ4n) is 5.99. The first kappa shape index (κ1) is 23.1. The lowest BCUT2D eigenvalue weighted by Gasteiger charge is -2.49. The third-order valence-corrected chi connectivity index (χ3v) is 7.70. The molecule has 1 aliphatic carbocycles. The van der Waals surface area contributed by atoms with Crippen molar-refractivity contribution >= 4 is 10.9 Å². The highest BCUT2D eigenvalue weighted by atomic mass is 19.4.